The van der Waals surface area contributed by atoms with E-state index in [0.717, 1.165) is 5.39 Å². The zero-order chi connectivity index (χ0) is 13.4. The highest BCUT2D eigenvalue weighted by Gasteiger charge is 2.22. The molecule has 2 aromatic rings. The van der Waals surface area contributed by atoms with E-state index < -0.39 is 0 Å². The number of piperidine rings is 1. The van der Waals surface area contributed by atoms with Gasteiger partial charge in [0.2, 0.25) is 0 Å². The topological polar surface area (TPSA) is 62.4 Å². The van der Waals surface area contributed by atoms with Gasteiger partial charge in [0, 0.05) is 30.4 Å². The zero-order valence-corrected chi connectivity index (χ0v) is 10.5. The largest absolute Gasteiger partial charge is 0.398 e. The molecule has 1 aromatic carbocycles. The molecule has 0 spiro atoms. The summed E-state index contributed by atoms with van der Waals surface area (Å²) < 4.78 is 14.2. The molecule has 2 heterocycles. The van der Waals surface area contributed by atoms with Crippen molar-refractivity contribution in [3.63, 3.8) is 0 Å². The van der Waals surface area contributed by atoms with Gasteiger partial charge in [0.25, 0.3) is 0 Å². The molecule has 19 heavy (non-hydrogen) atoms. The Morgan fingerprint density at radius 3 is 2.84 bits per heavy atom. The monoisotopic (exact) mass is 261 g/mol. The first-order valence-electron chi connectivity index (χ1n) is 6.42. The Hall–Kier alpha value is -1.88. The second-order valence-corrected chi connectivity index (χ2v) is 4.91. The van der Waals surface area contributed by atoms with Crippen LogP contribution in [0.1, 0.15) is 12.8 Å². The highest BCUT2D eigenvalue weighted by atomic mass is 19.1. The lowest BCUT2D eigenvalue weighted by atomic mass is 10.0. The van der Waals surface area contributed by atoms with Crippen molar-refractivity contribution in [3.05, 3.63) is 30.2 Å². The summed E-state index contributed by atoms with van der Waals surface area (Å²) in [5.41, 5.74) is 7.33. The molecule has 1 aliphatic rings. The fourth-order valence-electron chi connectivity index (χ4n) is 2.61. The van der Waals surface area contributed by atoms with E-state index in [1.807, 2.05) is 11.0 Å². The molecule has 5 heteroatoms. The number of aromatic nitrogens is 1. The number of anilines is 2. The molecule has 3 N–H and O–H groups in total. The molecule has 0 bridgehead atoms. The summed E-state index contributed by atoms with van der Waals surface area (Å²) in [4.78, 5) is 6.21. The zero-order valence-electron chi connectivity index (χ0n) is 10.5. The Morgan fingerprint density at radius 2 is 2.11 bits per heavy atom. The van der Waals surface area contributed by atoms with Gasteiger partial charge >= 0.3 is 0 Å². The molecule has 1 aromatic heterocycles. The van der Waals surface area contributed by atoms with Crippen molar-refractivity contribution in [2.75, 3.05) is 23.7 Å². The summed E-state index contributed by atoms with van der Waals surface area (Å²) in [6.45, 7) is 1.27. The lowest BCUT2D eigenvalue weighted by molar-refractivity contribution is 0.145. The van der Waals surface area contributed by atoms with Crippen LogP contribution in [0.3, 0.4) is 0 Å². The number of nitrogens with zero attached hydrogens (tertiary/aromatic N) is 2. The smallest absolute Gasteiger partial charge is 0.150 e. The van der Waals surface area contributed by atoms with Crippen molar-refractivity contribution in [2.24, 2.45) is 0 Å². The van der Waals surface area contributed by atoms with E-state index in [2.05, 4.69) is 4.98 Å². The SMILES string of the molecule is Nc1cc(F)c(N2CCC(O)CC2)c2ncccc12. The summed E-state index contributed by atoms with van der Waals surface area (Å²) in [7, 11) is 0. The van der Waals surface area contributed by atoms with Gasteiger partial charge in [-0.25, -0.2) is 4.39 Å². The van der Waals surface area contributed by atoms with Crippen molar-refractivity contribution < 1.29 is 9.50 Å². The molecule has 0 aliphatic carbocycles. The van der Waals surface area contributed by atoms with Crippen LogP contribution >= 0.6 is 0 Å². The van der Waals surface area contributed by atoms with Crippen LogP contribution in [0.25, 0.3) is 10.9 Å². The fourth-order valence-corrected chi connectivity index (χ4v) is 2.61. The number of rotatable bonds is 1. The first-order valence-corrected chi connectivity index (χ1v) is 6.42. The van der Waals surface area contributed by atoms with Gasteiger partial charge in [-0.2, -0.15) is 0 Å². The summed E-state index contributed by atoms with van der Waals surface area (Å²) in [5, 5.41) is 10.3. The molecular formula is C14H16FN3O. The first kappa shape index (κ1) is 12.2. The molecule has 3 rings (SSSR count). The predicted octanol–water partition coefficient (Wildman–Crippen LogP) is 1.92. The normalized spacial score (nSPS) is 17.1. The quantitative estimate of drug-likeness (QED) is 0.770. The molecule has 1 aliphatic heterocycles. The van der Waals surface area contributed by atoms with Crippen LogP contribution in [-0.4, -0.2) is 29.3 Å². The number of fused-ring (bicyclic) bond motifs is 1. The molecule has 1 saturated heterocycles. The van der Waals surface area contributed by atoms with Crippen LogP contribution in [0.2, 0.25) is 0 Å². The Labute approximate surface area is 110 Å². The van der Waals surface area contributed by atoms with Gasteiger partial charge < -0.3 is 15.7 Å². The van der Waals surface area contributed by atoms with Crippen LogP contribution in [0.15, 0.2) is 24.4 Å². The summed E-state index contributed by atoms with van der Waals surface area (Å²) in [6, 6.07) is 4.99. The maximum absolute atomic E-state index is 14.2. The van der Waals surface area contributed by atoms with Crippen molar-refractivity contribution >= 4 is 22.3 Å². The second-order valence-electron chi connectivity index (χ2n) is 4.91. The van der Waals surface area contributed by atoms with Crippen LogP contribution in [0.5, 0.6) is 0 Å². The minimum atomic E-state index is -0.347. The number of benzene rings is 1. The lowest BCUT2D eigenvalue weighted by Crippen LogP contribution is -2.36. The van der Waals surface area contributed by atoms with Crippen LogP contribution in [0.4, 0.5) is 15.8 Å². The lowest BCUT2D eigenvalue weighted by Gasteiger charge is -2.32. The van der Waals surface area contributed by atoms with E-state index in [9.17, 15) is 9.50 Å². The van der Waals surface area contributed by atoms with Crippen molar-refractivity contribution in [1.82, 2.24) is 4.98 Å². The van der Waals surface area contributed by atoms with Gasteiger partial charge in [0.15, 0.2) is 5.82 Å². The maximum Gasteiger partial charge on any atom is 0.150 e. The molecular weight excluding hydrogens is 245 g/mol. The van der Waals surface area contributed by atoms with Crippen molar-refractivity contribution in [2.45, 2.75) is 18.9 Å². The number of hydrogen-bond donors (Lipinski definition) is 2. The summed E-state index contributed by atoms with van der Waals surface area (Å²) in [6.07, 6.45) is 2.66. The van der Waals surface area contributed by atoms with Gasteiger partial charge in [0.05, 0.1) is 17.3 Å². The molecule has 1 fully saturated rings. The van der Waals surface area contributed by atoms with Gasteiger partial charge in [-0.3, -0.25) is 4.98 Å². The average molecular weight is 261 g/mol. The van der Waals surface area contributed by atoms with Crippen LogP contribution in [0, 0.1) is 5.82 Å². The van der Waals surface area contributed by atoms with Gasteiger partial charge in [-0.1, -0.05) is 0 Å². The molecule has 0 amide bonds. The molecule has 4 nitrogen and oxygen atoms in total. The standard InChI is InChI=1S/C14H16FN3O/c15-11-8-12(16)10-2-1-5-17-13(10)14(11)18-6-3-9(19)4-7-18/h1-2,5,8-9,19H,3-4,6-7,16H2. The number of halogens is 1. The van der Waals surface area contributed by atoms with Crippen molar-refractivity contribution in [3.8, 4) is 0 Å². The Morgan fingerprint density at radius 1 is 1.37 bits per heavy atom. The number of pyridine rings is 1. The van der Waals surface area contributed by atoms with Gasteiger partial charge in [-0.05, 0) is 31.0 Å². The average Bonchev–Trinajstić information content (AvgIpc) is 2.41. The van der Waals surface area contributed by atoms with Gasteiger partial charge in [-0.15, -0.1) is 0 Å². The van der Waals surface area contributed by atoms with E-state index in [4.69, 9.17) is 5.73 Å². The fraction of sp³-hybridized carbons (Fsp3) is 0.357. The number of aliphatic hydroxyl groups excluding tert-OH is 1. The minimum Gasteiger partial charge on any atom is -0.398 e. The highest BCUT2D eigenvalue weighted by Crippen LogP contribution is 2.33. The molecule has 0 radical (unpaired) electrons. The van der Waals surface area contributed by atoms with E-state index in [1.54, 1.807) is 12.3 Å². The number of nitrogens with two attached hydrogens (primary N) is 1. The Bertz CT molecular complexity index is 609. The summed E-state index contributed by atoms with van der Waals surface area (Å²) >= 11 is 0. The minimum absolute atomic E-state index is 0.285. The third-order valence-corrected chi connectivity index (χ3v) is 3.63. The first-order chi connectivity index (χ1) is 9.16. The van der Waals surface area contributed by atoms with Crippen LogP contribution in [-0.2, 0) is 0 Å². The third kappa shape index (κ3) is 2.10. The van der Waals surface area contributed by atoms with E-state index in [1.165, 1.54) is 6.07 Å². The van der Waals surface area contributed by atoms with Gasteiger partial charge in [0.1, 0.15) is 0 Å². The maximum atomic E-state index is 14.2. The molecule has 0 saturated carbocycles. The molecule has 0 unspecified atom stereocenters. The number of hydrogen-bond acceptors (Lipinski definition) is 4. The third-order valence-electron chi connectivity index (χ3n) is 3.63. The number of aliphatic hydroxyl groups is 1. The number of nitrogen functional groups attached to an aromatic ring is 1. The second kappa shape index (κ2) is 4.66. The van der Waals surface area contributed by atoms with E-state index >= 15 is 0 Å². The summed E-state index contributed by atoms with van der Waals surface area (Å²) in [5.74, 6) is -0.347. The van der Waals surface area contributed by atoms with E-state index in [-0.39, 0.29) is 11.9 Å². The Balaban J connectivity index is 2.12. The van der Waals surface area contributed by atoms with Crippen LogP contribution < -0.4 is 10.6 Å². The Kier molecular flexibility index (Phi) is 2.98. The van der Waals surface area contributed by atoms with E-state index in [0.29, 0.717) is 42.8 Å². The molecule has 0 atom stereocenters. The predicted molar refractivity (Wildman–Crippen MR) is 73.6 cm³/mol. The molecule has 100 valence electrons. The highest BCUT2D eigenvalue weighted by molar-refractivity contribution is 5.98. The van der Waals surface area contributed by atoms with Crippen molar-refractivity contribution in [1.29, 1.82) is 0 Å².